The van der Waals surface area contributed by atoms with Crippen LogP contribution in [0.4, 0.5) is 0 Å². The van der Waals surface area contributed by atoms with Gasteiger partial charge in [0.2, 0.25) is 11.7 Å². The van der Waals surface area contributed by atoms with Crippen molar-refractivity contribution in [2.45, 2.75) is 13.8 Å². The van der Waals surface area contributed by atoms with Gasteiger partial charge in [-0.1, -0.05) is 12.1 Å². The van der Waals surface area contributed by atoms with E-state index in [0.29, 0.717) is 17.1 Å². The molecule has 4 heteroatoms. The van der Waals surface area contributed by atoms with E-state index >= 15 is 0 Å². The van der Waals surface area contributed by atoms with Crippen LogP contribution in [0.5, 0.6) is 5.88 Å². The van der Waals surface area contributed by atoms with Gasteiger partial charge in [-0.05, 0) is 31.0 Å². The third kappa shape index (κ3) is 2.37. The van der Waals surface area contributed by atoms with Crippen LogP contribution < -0.4 is 4.74 Å². The Bertz CT molecular complexity index is 594. The van der Waals surface area contributed by atoms with Crippen molar-refractivity contribution in [1.29, 1.82) is 0 Å². The van der Waals surface area contributed by atoms with E-state index < -0.39 is 0 Å². The first-order valence-electron chi connectivity index (χ1n) is 5.60. The van der Waals surface area contributed by atoms with E-state index in [1.54, 1.807) is 6.07 Å². The Morgan fingerprint density at radius 2 is 1.89 bits per heavy atom. The fourth-order valence-electron chi connectivity index (χ4n) is 1.61. The molecule has 92 valence electrons. The predicted molar refractivity (Wildman–Crippen MR) is 67.9 cm³/mol. The van der Waals surface area contributed by atoms with E-state index in [4.69, 9.17) is 4.74 Å². The van der Waals surface area contributed by atoms with Gasteiger partial charge in [-0.3, -0.25) is 4.79 Å². The largest absolute Gasteiger partial charge is 0.481 e. The van der Waals surface area contributed by atoms with Gasteiger partial charge in [-0.15, -0.1) is 0 Å². The summed E-state index contributed by atoms with van der Waals surface area (Å²) in [5.74, 6) is 0.260. The molecule has 0 aliphatic carbocycles. The Labute approximate surface area is 106 Å². The molecule has 0 saturated carbocycles. The zero-order chi connectivity index (χ0) is 13.1. The highest BCUT2D eigenvalue weighted by Crippen LogP contribution is 2.15. The summed E-state index contributed by atoms with van der Waals surface area (Å²) in [5.41, 5.74) is 3.21. The monoisotopic (exact) mass is 242 g/mol. The number of aromatic nitrogens is 2. The first kappa shape index (κ1) is 12.2. The number of nitrogens with zero attached hydrogens (tertiary/aromatic N) is 2. The first-order chi connectivity index (χ1) is 8.61. The summed E-state index contributed by atoms with van der Waals surface area (Å²) in [6.45, 7) is 3.99. The first-order valence-corrected chi connectivity index (χ1v) is 5.60. The highest BCUT2D eigenvalue weighted by molar-refractivity contribution is 6.07. The Morgan fingerprint density at radius 3 is 2.56 bits per heavy atom. The lowest BCUT2D eigenvalue weighted by Crippen LogP contribution is -2.05. The third-order valence-corrected chi connectivity index (χ3v) is 2.85. The summed E-state index contributed by atoms with van der Waals surface area (Å²) in [6, 6.07) is 7.14. The van der Waals surface area contributed by atoms with Gasteiger partial charge in [0.05, 0.1) is 7.11 Å². The molecule has 0 amide bonds. The quantitative estimate of drug-likeness (QED) is 0.775. The van der Waals surface area contributed by atoms with E-state index in [-0.39, 0.29) is 5.78 Å². The van der Waals surface area contributed by atoms with Crippen LogP contribution >= 0.6 is 0 Å². The molecule has 0 radical (unpaired) electrons. The molecule has 0 N–H and O–H groups in total. The van der Waals surface area contributed by atoms with Crippen molar-refractivity contribution in [1.82, 2.24) is 9.97 Å². The standard InChI is InChI=1S/C14H14N2O2/c1-9-4-5-11(6-10(9)2)14(17)12-7-13(18-3)16-8-15-12/h4-8H,1-3H3. The molecule has 2 aromatic rings. The molecule has 0 atom stereocenters. The van der Waals surface area contributed by atoms with Gasteiger partial charge >= 0.3 is 0 Å². The van der Waals surface area contributed by atoms with Crippen molar-refractivity contribution in [2.75, 3.05) is 7.11 Å². The minimum Gasteiger partial charge on any atom is -0.481 e. The number of ketones is 1. The van der Waals surface area contributed by atoms with Gasteiger partial charge in [0, 0.05) is 11.6 Å². The maximum absolute atomic E-state index is 12.2. The topological polar surface area (TPSA) is 52.1 Å². The number of rotatable bonds is 3. The second-order valence-corrected chi connectivity index (χ2v) is 4.07. The van der Waals surface area contributed by atoms with Crippen molar-refractivity contribution < 1.29 is 9.53 Å². The second-order valence-electron chi connectivity index (χ2n) is 4.07. The molecular weight excluding hydrogens is 228 g/mol. The Morgan fingerprint density at radius 1 is 1.11 bits per heavy atom. The zero-order valence-corrected chi connectivity index (χ0v) is 10.6. The Hall–Kier alpha value is -2.23. The lowest BCUT2D eigenvalue weighted by molar-refractivity contribution is 0.103. The number of carbonyl (C=O) groups is 1. The molecule has 0 unspecified atom stereocenters. The molecule has 0 aliphatic rings. The number of methoxy groups -OCH3 is 1. The Balaban J connectivity index is 2.38. The number of aryl methyl sites for hydroxylation is 2. The number of benzene rings is 1. The molecule has 18 heavy (non-hydrogen) atoms. The van der Waals surface area contributed by atoms with Crippen LogP contribution in [0, 0.1) is 13.8 Å². The fraction of sp³-hybridized carbons (Fsp3) is 0.214. The molecule has 0 spiro atoms. The highest BCUT2D eigenvalue weighted by Gasteiger charge is 2.12. The summed E-state index contributed by atoms with van der Waals surface area (Å²) in [6.07, 6.45) is 1.33. The second kappa shape index (κ2) is 4.96. The minimum absolute atomic E-state index is 0.126. The smallest absolute Gasteiger partial charge is 0.216 e. The van der Waals surface area contributed by atoms with Gasteiger partial charge in [0.25, 0.3) is 0 Å². The lowest BCUT2D eigenvalue weighted by Gasteiger charge is -2.05. The van der Waals surface area contributed by atoms with E-state index in [0.717, 1.165) is 11.1 Å². The maximum Gasteiger partial charge on any atom is 0.216 e. The van der Waals surface area contributed by atoms with Crippen LogP contribution in [0.2, 0.25) is 0 Å². The molecule has 1 aromatic carbocycles. The summed E-state index contributed by atoms with van der Waals surface area (Å²) in [7, 11) is 1.51. The fourth-order valence-corrected chi connectivity index (χ4v) is 1.61. The van der Waals surface area contributed by atoms with E-state index in [9.17, 15) is 4.79 Å². The van der Waals surface area contributed by atoms with Gasteiger partial charge in [-0.25, -0.2) is 9.97 Å². The number of hydrogen-bond acceptors (Lipinski definition) is 4. The normalized spacial score (nSPS) is 10.2. The number of hydrogen-bond donors (Lipinski definition) is 0. The van der Waals surface area contributed by atoms with E-state index in [1.165, 1.54) is 19.5 Å². The third-order valence-electron chi connectivity index (χ3n) is 2.85. The van der Waals surface area contributed by atoms with Gasteiger partial charge in [0.1, 0.15) is 12.0 Å². The molecule has 1 aromatic heterocycles. The summed E-state index contributed by atoms with van der Waals surface area (Å²) in [4.78, 5) is 20.1. The number of carbonyl (C=O) groups excluding carboxylic acids is 1. The predicted octanol–water partition coefficient (Wildman–Crippen LogP) is 2.33. The summed E-state index contributed by atoms with van der Waals surface area (Å²) >= 11 is 0. The Kier molecular flexibility index (Phi) is 3.37. The van der Waals surface area contributed by atoms with Gasteiger partial charge in [-0.2, -0.15) is 0 Å². The lowest BCUT2D eigenvalue weighted by atomic mass is 10.0. The van der Waals surface area contributed by atoms with Crippen LogP contribution in [-0.4, -0.2) is 22.9 Å². The average Bonchev–Trinajstić information content (AvgIpc) is 2.41. The maximum atomic E-state index is 12.2. The van der Waals surface area contributed by atoms with Crippen molar-refractivity contribution in [3.63, 3.8) is 0 Å². The molecule has 0 fully saturated rings. The van der Waals surface area contributed by atoms with Crippen molar-refractivity contribution >= 4 is 5.78 Å². The number of ether oxygens (including phenoxy) is 1. The zero-order valence-electron chi connectivity index (χ0n) is 10.6. The summed E-state index contributed by atoms with van der Waals surface area (Å²) < 4.78 is 4.98. The van der Waals surface area contributed by atoms with Crippen LogP contribution in [0.1, 0.15) is 27.2 Å². The molecule has 0 saturated heterocycles. The highest BCUT2D eigenvalue weighted by atomic mass is 16.5. The summed E-state index contributed by atoms with van der Waals surface area (Å²) in [5, 5.41) is 0. The SMILES string of the molecule is COc1cc(C(=O)c2ccc(C)c(C)c2)ncn1. The van der Waals surface area contributed by atoms with E-state index in [2.05, 4.69) is 9.97 Å². The van der Waals surface area contributed by atoms with Gasteiger partial charge in [0.15, 0.2) is 0 Å². The van der Waals surface area contributed by atoms with Crippen molar-refractivity contribution in [3.8, 4) is 5.88 Å². The molecule has 0 bridgehead atoms. The molecule has 0 aliphatic heterocycles. The van der Waals surface area contributed by atoms with Crippen LogP contribution in [0.15, 0.2) is 30.6 Å². The molecule has 2 rings (SSSR count). The van der Waals surface area contributed by atoms with E-state index in [1.807, 2.05) is 26.0 Å². The molecule has 4 nitrogen and oxygen atoms in total. The molecular formula is C14H14N2O2. The van der Waals surface area contributed by atoms with Crippen LogP contribution in [0.3, 0.4) is 0 Å². The molecule has 1 heterocycles. The van der Waals surface area contributed by atoms with Crippen molar-refractivity contribution in [2.24, 2.45) is 0 Å². The average molecular weight is 242 g/mol. The van der Waals surface area contributed by atoms with Crippen LogP contribution in [0.25, 0.3) is 0 Å². The van der Waals surface area contributed by atoms with Crippen molar-refractivity contribution in [3.05, 3.63) is 53.0 Å². The van der Waals surface area contributed by atoms with Crippen LogP contribution in [-0.2, 0) is 0 Å². The minimum atomic E-state index is -0.126. The van der Waals surface area contributed by atoms with Gasteiger partial charge < -0.3 is 4.74 Å².